The van der Waals surface area contributed by atoms with Gasteiger partial charge >= 0.3 is 5.65 Å². The van der Waals surface area contributed by atoms with Gasteiger partial charge in [0.2, 0.25) is 0 Å². The van der Waals surface area contributed by atoms with Crippen LogP contribution in [0.15, 0.2) is 24.4 Å². The zero-order chi connectivity index (χ0) is 9.42. The average molecular weight is 174 g/mol. The van der Waals surface area contributed by atoms with Crippen molar-refractivity contribution in [3.63, 3.8) is 0 Å². The smallest absolute Gasteiger partial charge is 0.327 e. The zero-order valence-corrected chi connectivity index (χ0v) is 7.61. The van der Waals surface area contributed by atoms with Gasteiger partial charge in [-0.25, -0.2) is 4.40 Å². The number of nitrogens with zero attached hydrogens (tertiary/aromatic N) is 2. The molecule has 0 atom stereocenters. The van der Waals surface area contributed by atoms with E-state index in [0.29, 0.717) is 11.4 Å². The molecule has 3 nitrogen and oxygen atoms in total. The maximum atomic E-state index is 11.5. The molecule has 0 amide bonds. The topological polar surface area (TPSA) is 40.0 Å². The summed E-state index contributed by atoms with van der Waals surface area (Å²) in [4.78, 5) is 4.19. The third-order valence-corrected chi connectivity index (χ3v) is 2.14. The van der Waals surface area contributed by atoms with Gasteiger partial charge in [0.05, 0.1) is 6.20 Å². The first-order valence-electron chi connectivity index (χ1n) is 4.15. The molecule has 13 heavy (non-hydrogen) atoms. The van der Waals surface area contributed by atoms with E-state index in [4.69, 9.17) is 0 Å². The molecule has 2 heterocycles. The summed E-state index contributed by atoms with van der Waals surface area (Å²) in [5, 5.41) is 11.5. The van der Waals surface area contributed by atoms with E-state index in [-0.39, 0.29) is 5.75 Å². The molecule has 0 fully saturated rings. The molecule has 0 N–H and O–H groups in total. The summed E-state index contributed by atoms with van der Waals surface area (Å²) >= 11 is 0. The highest BCUT2D eigenvalue weighted by molar-refractivity contribution is 5.35. The number of fused-ring (bicyclic) bond motifs is 1. The van der Waals surface area contributed by atoms with Gasteiger partial charge in [-0.05, 0) is 23.7 Å². The minimum absolute atomic E-state index is 0.0173. The Morgan fingerprint density at radius 2 is 2.08 bits per heavy atom. The van der Waals surface area contributed by atoms with Crippen LogP contribution in [0.1, 0.15) is 11.4 Å². The van der Waals surface area contributed by atoms with E-state index in [9.17, 15) is 5.11 Å². The first-order chi connectivity index (χ1) is 6.20. The van der Waals surface area contributed by atoms with Crippen LogP contribution in [-0.2, 0) is 0 Å². The molecule has 2 rings (SSSR count). The van der Waals surface area contributed by atoms with Crippen LogP contribution in [0.4, 0.5) is 0 Å². The second kappa shape index (κ2) is 2.69. The second-order valence-electron chi connectivity index (χ2n) is 3.04. The molecular formula is C10H10N2O. The minimum atomic E-state index is 0.0173. The minimum Gasteiger partial charge on any atom is -0.867 e. The fraction of sp³-hybridized carbons (Fsp3) is 0.200. The highest BCUT2D eigenvalue weighted by Gasteiger charge is 2.08. The summed E-state index contributed by atoms with van der Waals surface area (Å²) in [6.45, 7) is 3.55. The Morgan fingerprint density at radius 1 is 1.31 bits per heavy atom. The van der Waals surface area contributed by atoms with E-state index < -0.39 is 0 Å². The summed E-state index contributed by atoms with van der Waals surface area (Å²) in [7, 11) is 0. The molecule has 0 bridgehead atoms. The Kier molecular flexibility index (Phi) is 1.65. The van der Waals surface area contributed by atoms with Crippen LogP contribution in [0, 0.1) is 13.8 Å². The van der Waals surface area contributed by atoms with Crippen LogP contribution in [-0.4, -0.2) is 4.98 Å². The molecule has 0 aromatic carbocycles. The fourth-order valence-corrected chi connectivity index (χ4v) is 1.40. The Morgan fingerprint density at radius 3 is 2.85 bits per heavy atom. The molecule has 2 aromatic heterocycles. The third kappa shape index (κ3) is 1.13. The van der Waals surface area contributed by atoms with E-state index in [1.807, 2.05) is 31.3 Å². The maximum Gasteiger partial charge on any atom is 0.327 e. The van der Waals surface area contributed by atoms with E-state index in [2.05, 4.69) is 4.98 Å². The van der Waals surface area contributed by atoms with Gasteiger partial charge in [0, 0.05) is 13.0 Å². The largest absolute Gasteiger partial charge is 0.867 e. The van der Waals surface area contributed by atoms with E-state index in [1.165, 1.54) is 0 Å². The highest BCUT2D eigenvalue weighted by atomic mass is 16.3. The summed E-state index contributed by atoms with van der Waals surface area (Å²) in [6.07, 6.45) is 1.85. The van der Waals surface area contributed by atoms with E-state index in [1.54, 1.807) is 11.3 Å². The van der Waals surface area contributed by atoms with E-state index >= 15 is 0 Å². The van der Waals surface area contributed by atoms with Crippen molar-refractivity contribution < 1.29 is 9.51 Å². The Labute approximate surface area is 76.3 Å². The lowest BCUT2D eigenvalue weighted by molar-refractivity contribution is -0.528. The van der Waals surface area contributed by atoms with Crippen LogP contribution >= 0.6 is 0 Å². The van der Waals surface area contributed by atoms with Gasteiger partial charge in [-0.1, -0.05) is 6.07 Å². The first-order valence-corrected chi connectivity index (χ1v) is 4.15. The van der Waals surface area contributed by atoms with Gasteiger partial charge in [0.1, 0.15) is 11.4 Å². The average Bonchev–Trinajstić information content (AvgIpc) is 2.15. The normalized spacial score (nSPS) is 10.6. The summed E-state index contributed by atoms with van der Waals surface area (Å²) in [6, 6.07) is 5.68. The summed E-state index contributed by atoms with van der Waals surface area (Å²) in [5.41, 5.74) is 2.09. The van der Waals surface area contributed by atoms with Gasteiger partial charge < -0.3 is 5.11 Å². The Balaban J connectivity index is 2.94. The van der Waals surface area contributed by atoms with Crippen molar-refractivity contribution in [2.24, 2.45) is 0 Å². The van der Waals surface area contributed by atoms with Gasteiger partial charge in [0.15, 0.2) is 0 Å². The number of rotatable bonds is 0. The number of aromatic nitrogens is 2. The molecule has 0 aliphatic carbocycles. The van der Waals surface area contributed by atoms with Gasteiger partial charge in [0.25, 0.3) is 0 Å². The van der Waals surface area contributed by atoms with Crippen molar-refractivity contribution in [2.45, 2.75) is 13.8 Å². The number of hydrogen-bond donors (Lipinski definition) is 0. The number of hydrogen-bond acceptors (Lipinski definition) is 2. The summed E-state index contributed by atoms with van der Waals surface area (Å²) in [5.74, 6) is 0.0173. The highest BCUT2D eigenvalue weighted by Crippen LogP contribution is 2.12. The van der Waals surface area contributed by atoms with Crippen LogP contribution < -0.4 is 9.51 Å². The maximum absolute atomic E-state index is 11.5. The van der Waals surface area contributed by atoms with Gasteiger partial charge in [-0.3, -0.25) is 0 Å². The molecule has 0 saturated carbocycles. The van der Waals surface area contributed by atoms with Crippen LogP contribution in [0.5, 0.6) is 5.75 Å². The standard InChI is InChI=1S/C10H10N2O/c1-7-10(13)8(2)12-6-4-3-5-9(12)11-7/h3-6H,1-2H3. The molecule has 0 radical (unpaired) electrons. The fourth-order valence-electron chi connectivity index (χ4n) is 1.40. The molecule has 0 aliphatic heterocycles. The van der Waals surface area contributed by atoms with Crippen molar-refractivity contribution >= 4 is 5.65 Å². The SMILES string of the molecule is Cc1nc2cccc[n+]2c(C)c1[O-]. The number of pyridine rings is 1. The van der Waals surface area contributed by atoms with E-state index in [0.717, 1.165) is 5.65 Å². The van der Waals surface area contributed by atoms with Crippen LogP contribution in [0.25, 0.3) is 5.65 Å². The van der Waals surface area contributed by atoms with Crippen molar-refractivity contribution in [3.05, 3.63) is 35.8 Å². The molecule has 0 unspecified atom stereocenters. The molecule has 3 heteroatoms. The molecule has 66 valence electrons. The zero-order valence-electron chi connectivity index (χ0n) is 7.61. The predicted octanol–water partition coefficient (Wildman–Crippen LogP) is 0.511. The Bertz CT molecular complexity index is 466. The molecule has 0 saturated heterocycles. The molecule has 0 spiro atoms. The lowest BCUT2D eigenvalue weighted by Crippen LogP contribution is -2.28. The van der Waals surface area contributed by atoms with Gasteiger partial charge in [-0.2, -0.15) is 0 Å². The van der Waals surface area contributed by atoms with Gasteiger partial charge in [-0.15, -0.1) is 0 Å². The Hall–Kier alpha value is -1.64. The molecular weight excluding hydrogens is 164 g/mol. The second-order valence-corrected chi connectivity index (χ2v) is 3.04. The van der Waals surface area contributed by atoms with Crippen molar-refractivity contribution in [1.82, 2.24) is 4.98 Å². The van der Waals surface area contributed by atoms with Crippen molar-refractivity contribution in [2.75, 3.05) is 0 Å². The van der Waals surface area contributed by atoms with Crippen LogP contribution in [0.2, 0.25) is 0 Å². The van der Waals surface area contributed by atoms with Crippen LogP contribution in [0.3, 0.4) is 0 Å². The third-order valence-electron chi connectivity index (χ3n) is 2.14. The predicted molar refractivity (Wildman–Crippen MR) is 46.3 cm³/mol. The summed E-state index contributed by atoms with van der Waals surface area (Å²) < 4.78 is 1.80. The molecule has 2 aromatic rings. The lowest BCUT2D eigenvalue weighted by atomic mass is 10.3. The lowest BCUT2D eigenvalue weighted by Gasteiger charge is -2.08. The first kappa shape index (κ1) is 7.98. The van der Waals surface area contributed by atoms with Crippen molar-refractivity contribution in [1.29, 1.82) is 0 Å². The number of aryl methyl sites for hydroxylation is 2. The molecule has 0 aliphatic rings. The monoisotopic (exact) mass is 174 g/mol. The quantitative estimate of drug-likeness (QED) is 0.546. The van der Waals surface area contributed by atoms with Crippen molar-refractivity contribution in [3.8, 4) is 5.75 Å².